The fourth-order valence-electron chi connectivity index (χ4n) is 4.40. The smallest absolute Gasteiger partial charge is 0.0313 e. The van der Waals surface area contributed by atoms with Crippen molar-refractivity contribution in [2.45, 2.75) is 25.7 Å². The van der Waals surface area contributed by atoms with Crippen molar-refractivity contribution in [3.8, 4) is 11.3 Å². The molecule has 0 amide bonds. The largest absolute Gasteiger partial charge is 0.507 e. The Hall–Kier alpha value is -2.64. The molecule has 0 spiro atoms. The van der Waals surface area contributed by atoms with Crippen molar-refractivity contribution in [2.24, 2.45) is 0 Å². The van der Waals surface area contributed by atoms with Crippen LogP contribution in [-0.4, -0.2) is 16.4 Å². The Bertz CT molecular complexity index is 1180. The molecule has 0 fully saturated rings. The summed E-state index contributed by atoms with van der Waals surface area (Å²) in [5.74, 6) is 0. The molecule has 0 saturated carbocycles. The molecule has 0 atom stereocenters. The van der Waals surface area contributed by atoms with E-state index in [0.717, 1.165) is 54.9 Å². The molecule has 0 aliphatic carbocycles. The summed E-state index contributed by atoms with van der Waals surface area (Å²) in [6.45, 7) is 3.08. The second-order valence-corrected chi connectivity index (χ2v) is 8.11. The fourth-order valence-corrected chi connectivity index (χ4v) is 4.40. The van der Waals surface area contributed by atoms with Gasteiger partial charge in [0.2, 0.25) is 0 Å². The summed E-state index contributed by atoms with van der Waals surface area (Å²) in [5.41, 5.74) is 9.29. The molecule has 0 N–H and O–H groups in total. The summed E-state index contributed by atoms with van der Waals surface area (Å²) < 4.78 is 0. The summed E-state index contributed by atoms with van der Waals surface area (Å²) in [4.78, 5) is 9.44. The minimum atomic E-state index is 0. The van der Waals surface area contributed by atoms with Gasteiger partial charge < -0.3 is 14.8 Å². The minimum Gasteiger partial charge on any atom is -0.507 e. The van der Waals surface area contributed by atoms with E-state index in [1.807, 2.05) is 0 Å². The van der Waals surface area contributed by atoms with E-state index in [1.165, 1.54) is 22.4 Å². The van der Waals surface area contributed by atoms with E-state index in [-0.39, 0.29) is 21.1 Å². The summed E-state index contributed by atoms with van der Waals surface area (Å²) in [6, 6.07) is 24.4. The van der Waals surface area contributed by atoms with Crippen LogP contribution in [0.3, 0.4) is 0 Å². The first-order chi connectivity index (χ1) is 14.8. The first-order valence-corrected chi connectivity index (χ1v) is 10.6. The van der Waals surface area contributed by atoms with Gasteiger partial charge in [0.25, 0.3) is 0 Å². The van der Waals surface area contributed by atoms with Gasteiger partial charge in [0.05, 0.1) is 0 Å². The second kappa shape index (κ2) is 8.47. The zero-order valence-electron chi connectivity index (χ0n) is 17.1. The third-order valence-corrected chi connectivity index (χ3v) is 5.99. The average Bonchev–Trinajstić information content (AvgIpc) is 3.21. The van der Waals surface area contributed by atoms with Crippen molar-refractivity contribution in [1.82, 2.24) is 9.88 Å². The van der Waals surface area contributed by atoms with Crippen LogP contribution in [-0.2, 0) is 40.3 Å². The van der Waals surface area contributed by atoms with Crippen LogP contribution >= 0.6 is 0 Å². The zero-order valence-corrected chi connectivity index (χ0v) is 19.4. The van der Waals surface area contributed by atoms with Crippen molar-refractivity contribution in [3.05, 3.63) is 108 Å². The average molecular weight is 584 g/mol. The van der Waals surface area contributed by atoms with Gasteiger partial charge >= 0.3 is 0 Å². The molecule has 2 aromatic carbocycles. The normalized spacial score (nSPS) is 16.6. The van der Waals surface area contributed by atoms with Crippen molar-refractivity contribution in [2.75, 3.05) is 11.4 Å². The van der Waals surface area contributed by atoms with Crippen LogP contribution in [0.5, 0.6) is 0 Å². The Kier molecular flexibility index (Phi) is 5.54. The summed E-state index contributed by atoms with van der Waals surface area (Å²) >= 11 is 0. The number of rotatable bonds is 0. The number of anilines is 1. The molecule has 0 saturated heterocycles. The Morgan fingerprint density at radius 2 is 1.74 bits per heavy atom. The molecule has 3 aliphatic heterocycles. The van der Waals surface area contributed by atoms with Crippen LogP contribution in [0.25, 0.3) is 17.3 Å². The summed E-state index contributed by atoms with van der Waals surface area (Å²) in [6.07, 6.45) is 10.6. The van der Waals surface area contributed by atoms with Crippen LogP contribution in [0.1, 0.15) is 28.8 Å². The molecule has 8 bridgehead atoms. The fraction of sp³-hybridized carbons (Fsp3) is 0.185. The van der Waals surface area contributed by atoms with Gasteiger partial charge in [-0.25, -0.2) is 0 Å². The Labute approximate surface area is 198 Å². The molecule has 0 unspecified atom stereocenters. The molecular weight excluding hydrogens is 561 g/mol. The van der Waals surface area contributed by atoms with Gasteiger partial charge in [0.1, 0.15) is 0 Å². The first-order valence-electron chi connectivity index (χ1n) is 10.6. The summed E-state index contributed by atoms with van der Waals surface area (Å²) in [5, 5.41) is 0. The van der Waals surface area contributed by atoms with Crippen LogP contribution in [0.15, 0.2) is 66.5 Å². The molecular formula is C27H22N3Pt-3. The second-order valence-electron chi connectivity index (χ2n) is 8.11. The molecule has 3 aromatic rings. The number of aromatic nitrogens is 1. The minimum absolute atomic E-state index is 0. The number of nitrogens with zero attached hydrogens (tertiary/aromatic N) is 3. The SMILES string of the molecule is [Pt].[c-]1c2cccc1-c1cccc(n1)CCN1C=C3C=Cc4ccc([c-]c4N3[CH-]1)CCC2. The van der Waals surface area contributed by atoms with Crippen molar-refractivity contribution in [3.63, 3.8) is 0 Å². The van der Waals surface area contributed by atoms with E-state index < -0.39 is 0 Å². The van der Waals surface area contributed by atoms with E-state index in [0.29, 0.717) is 0 Å². The predicted octanol–water partition coefficient (Wildman–Crippen LogP) is 5.19. The number of pyridine rings is 1. The molecule has 4 heterocycles. The molecule has 4 heteroatoms. The van der Waals surface area contributed by atoms with Crippen molar-refractivity contribution < 1.29 is 21.1 Å². The monoisotopic (exact) mass is 583 g/mol. The van der Waals surface area contributed by atoms with Gasteiger partial charge in [0.15, 0.2) is 0 Å². The molecule has 31 heavy (non-hydrogen) atoms. The molecule has 6 rings (SSSR count). The van der Waals surface area contributed by atoms with Gasteiger partial charge in [-0.1, -0.05) is 30.3 Å². The van der Waals surface area contributed by atoms with Crippen molar-refractivity contribution in [1.29, 1.82) is 0 Å². The van der Waals surface area contributed by atoms with Gasteiger partial charge in [0, 0.05) is 38.9 Å². The predicted molar refractivity (Wildman–Crippen MR) is 120 cm³/mol. The van der Waals surface area contributed by atoms with Gasteiger partial charge in [-0.2, -0.15) is 30.4 Å². The molecule has 0 radical (unpaired) electrons. The zero-order chi connectivity index (χ0) is 19.9. The van der Waals surface area contributed by atoms with E-state index >= 15 is 0 Å². The van der Waals surface area contributed by atoms with Crippen LogP contribution in [0, 0.1) is 18.8 Å². The third-order valence-electron chi connectivity index (χ3n) is 5.99. The van der Waals surface area contributed by atoms with Crippen LogP contribution < -0.4 is 4.90 Å². The number of aryl methyl sites for hydroxylation is 2. The standard InChI is InChI=1S/C27H22N3.Pt/c1-4-20-6-2-7-23(16-20)26-9-3-8-24(28-26)14-15-29-18-25-13-12-22-11-10-21(5-1)17-27(22)30(25)19-29;/h2-3,6-13,18-19H,1,4-5,14-15H2;/q-3;. The van der Waals surface area contributed by atoms with E-state index in [9.17, 15) is 0 Å². The van der Waals surface area contributed by atoms with Gasteiger partial charge in [-0.3, -0.25) is 0 Å². The number of benzene rings is 2. The topological polar surface area (TPSA) is 19.4 Å². The van der Waals surface area contributed by atoms with Crippen LogP contribution in [0.4, 0.5) is 5.69 Å². The van der Waals surface area contributed by atoms with E-state index in [2.05, 4.69) is 95.5 Å². The molecule has 158 valence electrons. The Morgan fingerprint density at radius 1 is 0.871 bits per heavy atom. The number of allylic oxidation sites excluding steroid dienone is 1. The molecule has 3 aliphatic rings. The number of hydrogen-bond acceptors (Lipinski definition) is 3. The maximum Gasteiger partial charge on any atom is 0.0313 e. The number of hydrogen-bond donors (Lipinski definition) is 0. The summed E-state index contributed by atoms with van der Waals surface area (Å²) in [7, 11) is 0. The Balaban J connectivity index is 0.00000204. The van der Waals surface area contributed by atoms with E-state index in [1.54, 1.807) is 0 Å². The van der Waals surface area contributed by atoms with Crippen molar-refractivity contribution >= 4 is 11.8 Å². The van der Waals surface area contributed by atoms with Crippen LogP contribution in [0.2, 0.25) is 0 Å². The Morgan fingerprint density at radius 3 is 2.68 bits per heavy atom. The quantitative estimate of drug-likeness (QED) is 0.340. The maximum atomic E-state index is 4.92. The van der Waals surface area contributed by atoms with Gasteiger partial charge in [-0.05, 0) is 37.3 Å². The van der Waals surface area contributed by atoms with Gasteiger partial charge in [-0.15, -0.1) is 47.0 Å². The molecule has 3 nitrogen and oxygen atoms in total. The third kappa shape index (κ3) is 4.00. The molecule has 1 aromatic heterocycles. The number of fused-ring (bicyclic) bond motifs is 7. The first kappa shape index (κ1) is 20.3. The van der Waals surface area contributed by atoms with E-state index in [4.69, 9.17) is 4.98 Å². The maximum absolute atomic E-state index is 4.92.